The van der Waals surface area contributed by atoms with Crippen LogP contribution in [0.1, 0.15) is 83.3 Å². The Labute approximate surface area is 234 Å². The molecule has 0 bridgehead atoms. The van der Waals surface area contributed by atoms with Gasteiger partial charge in [0.15, 0.2) is 5.78 Å². The number of halogens is 1. The second kappa shape index (κ2) is 10.8. The second-order valence-electron chi connectivity index (χ2n) is 12.6. The molecule has 208 valence electrons. The maximum atomic E-state index is 13.3. The maximum absolute atomic E-state index is 13.3. The number of ketones is 1. The van der Waals surface area contributed by atoms with Crippen molar-refractivity contribution in [1.82, 2.24) is 4.90 Å². The van der Waals surface area contributed by atoms with Crippen LogP contribution in [0.25, 0.3) is 0 Å². The summed E-state index contributed by atoms with van der Waals surface area (Å²) in [6.07, 6.45) is 10.9. The molecule has 2 aliphatic carbocycles. The minimum atomic E-state index is -0.617. The summed E-state index contributed by atoms with van der Waals surface area (Å²) < 4.78 is 19.2. The minimum absolute atomic E-state index is 0.0146. The van der Waals surface area contributed by atoms with Crippen LogP contribution in [0.3, 0.4) is 0 Å². The molecule has 2 aliphatic heterocycles. The van der Waals surface area contributed by atoms with Gasteiger partial charge in [0.2, 0.25) is 0 Å². The Bertz CT molecular complexity index is 1100. The summed E-state index contributed by atoms with van der Waals surface area (Å²) in [5, 5.41) is 10.4. The SMILES string of the molecule is CC(C)(C)COC(=O)N1Cc2cc(OCCCC3CCCC3)c(Br)c3c2C2(C=CC(=O)C[C@H]2O3)C[C@H]1CO. The number of amides is 1. The van der Waals surface area contributed by atoms with Gasteiger partial charge < -0.3 is 19.3 Å². The highest BCUT2D eigenvalue weighted by Crippen LogP contribution is 2.57. The minimum Gasteiger partial charge on any atom is -0.492 e. The lowest BCUT2D eigenvalue weighted by Crippen LogP contribution is -2.48. The molecule has 38 heavy (non-hydrogen) atoms. The van der Waals surface area contributed by atoms with Crippen LogP contribution in [0.15, 0.2) is 22.7 Å². The largest absolute Gasteiger partial charge is 0.492 e. The Balaban J connectivity index is 1.47. The monoisotopic (exact) mass is 589 g/mol. The third-order valence-corrected chi connectivity index (χ3v) is 9.19. The summed E-state index contributed by atoms with van der Waals surface area (Å²) in [4.78, 5) is 27.4. The molecule has 2 heterocycles. The number of aliphatic hydroxyl groups is 1. The van der Waals surface area contributed by atoms with Crippen LogP contribution < -0.4 is 9.47 Å². The van der Waals surface area contributed by atoms with E-state index >= 15 is 0 Å². The highest BCUT2D eigenvalue weighted by Gasteiger charge is 2.55. The van der Waals surface area contributed by atoms with Gasteiger partial charge in [-0.2, -0.15) is 0 Å². The van der Waals surface area contributed by atoms with E-state index in [1.54, 1.807) is 11.0 Å². The van der Waals surface area contributed by atoms with E-state index in [0.717, 1.165) is 27.9 Å². The lowest BCUT2D eigenvalue weighted by Gasteiger charge is -2.37. The van der Waals surface area contributed by atoms with Gasteiger partial charge >= 0.3 is 6.09 Å². The van der Waals surface area contributed by atoms with Gasteiger partial charge in [-0.15, -0.1) is 0 Å². The van der Waals surface area contributed by atoms with E-state index in [1.165, 1.54) is 32.1 Å². The lowest BCUT2D eigenvalue weighted by atomic mass is 9.68. The number of hydrogen-bond donors (Lipinski definition) is 1. The van der Waals surface area contributed by atoms with Crippen LogP contribution in [-0.4, -0.2) is 53.8 Å². The predicted molar refractivity (Wildman–Crippen MR) is 148 cm³/mol. The number of carbonyl (C=O) groups is 2. The van der Waals surface area contributed by atoms with Crippen LogP contribution in [0.4, 0.5) is 4.79 Å². The van der Waals surface area contributed by atoms with E-state index in [1.807, 2.05) is 32.9 Å². The first-order valence-corrected chi connectivity index (χ1v) is 14.8. The molecule has 1 N–H and O–H groups in total. The van der Waals surface area contributed by atoms with Crippen LogP contribution >= 0.6 is 15.9 Å². The highest BCUT2D eigenvalue weighted by molar-refractivity contribution is 9.10. The van der Waals surface area contributed by atoms with Gasteiger partial charge in [0.1, 0.15) is 22.1 Å². The van der Waals surface area contributed by atoms with Crippen LogP contribution in [-0.2, 0) is 21.5 Å². The number of benzene rings is 1. The number of nitrogens with zero attached hydrogens (tertiary/aromatic N) is 1. The zero-order chi connectivity index (χ0) is 27.1. The fourth-order valence-corrected chi connectivity index (χ4v) is 7.05. The van der Waals surface area contributed by atoms with Gasteiger partial charge in [-0.25, -0.2) is 4.79 Å². The molecule has 1 unspecified atom stereocenters. The van der Waals surface area contributed by atoms with Gasteiger partial charge in [-0.3, -0.25) is 9.69 Å². The molecule has 7 nitrogen and oxygen atoms in total. The number of aliphatic hydroxyl groups excluding tert-OH is 1. The summed E-state index contributed by atoms with van der Waals surface area (Å²) in [6.45, 7) is 6.98. The van der Waals surface area contributed by atoms with Crippen molar-refractivity contribution in [2.45, 2.75) is 96.2 Å². The van der Waals surface area contributed by atoms with Gasteiger partial charge in [0, 0.05) is 18.5 Å². The van der Waals surface area contributed by atoms with Crippen molar-refractivity contribution < 1.29 is 28.9 Å². The average molecular weight is 591 g/mol. The molecule has 1 fully saturated rings. The van der Waals surface area contributed by atoms with Crippen LogP contribution in [0.5, 0.6) is 11.5 Å². The topological polar surface area (TPSA) is 85.3 Å². The molecule has 3 atom stereocenters. The van der Waals surface area contributed by atoms with Crippen LogP contribution in [0.2, 0.25) is 0 Å². The van der Waals surface area contributed by atoms with Gasteiger partial charge in [0.25, 0.3) is 0 Å². The quantitative estimate of drug-likeness (QED) is 0.388. The maximum Gasteiger partial charge on any atom is 0.410 e. The number of rotatable bonds is 7. The summed E-state index contributed by atoms with van der Waals surface area (Å²) in [5.74, 6) is 2.19. The fraction of sp³-hybridized carbons (Fsp3) is 0.667. The molecule has 1 aromatic rings. The smallest absolute Gasteiger partial charge is 0.410 e. The Morgan fingerprint density at radius 2 is 2.05 bits per heavy atom. The van der Waals surface area contributed by atoms with E-state index < -0.39 is 23.7 Å². The molecule has 1 amide bonds. The molecule has 4 aliphatic rings. The van der Waals surface area contributed by atoms with Gasteiger partial charge in [0.05, 0.1) is 31.3 Å². The van der Waals surface area contributed by atoms with E-state index in [2.05, 4.69) is 15.9 Å². The Hall–Kier alpha value is -2.06. The van der Waals surface area contributed by atoms with Crippen molar-refractivity contribution in [1.29, 1.82) is 0 Å². The van der Waals surface area contributed by atoms with Crippen molar-refractivity contribution in [2.75, 3.05) is 19.8 Å². The third-order valence-electron chi connectivity index (χ3n) is 8.44. The second-order valence-corrected chi connectivity index (χ2v) is 13.4. The average Bonchev–Trinajstić information content (AvgIpc) is 3.47. The highest BCUT2D eigenvalue weighted by atomic mass is 79.9. The molecule has 1 saturated carbocycles. The molecular formula is C30H40BrNO6. The third kappa shape index (κ3) is 5.35. The number of allylic oxidation sites excluding steroid dienone is 1. The van der Waals surface area contributed by atoms with Crippen molar-refractivity contribution in [3.05, 3.63) is 33.8 Å². The predicted octanol–water partition coefficient (Wildman–Crippen LogP) is 6.08. The number of hydrogen-bond acceptors (Lipinski definition) is 6. The molecule has 1 aromatic carbocycles. The molecule has 1 spiro atoms. The van der Waals surface area contributed by atoms with Crippen LogP contribution in [0, 0.1) is 11.3 Å². The molecule has 0 saturated heterocycles. The normalized spacial score (nSPS) is 26.6. The fourth-order valence-electron chi connectivity index (χ4n) is 6.53. The zero-order valence-electron chi connectivity index (χ0n) is 22.8. The van der Waals surface area contributed by atoms with Gasteiger partial charge in [-0.1, -0.05) is 52.5 Å². The van der Waals surface area contributed by atoms with Crippen molar-refractivity contribution in [3.8, 4) is 11.5 Å². The summed E-state index contributed by atoms with van der Waals surface area (Å²) in [7, 11) is 0. The molecule has 0 aromatic heterocycles. The summed E-state index contributed by atoms with van der Waals surface area (Å²) in [5.41, 5.74) is 1.08. The molecule has 8 heteroatoms. The number of ether oxygens (including phenoxy) is 3. The van der Waals surface area contributed by atoms with Crippen molar-refractivity contribution in [3.63, 3.8) is 0 Å². The lowest BCUT2D eigenvalue weighted by molar-refractivity contribution is -0.117. The standard InChI is InChI=1S/C30H40BrNO6/c1-29(2,3)18-37-28(35)32-16-20-13-23(36-12-6-9-19-7-4-5-8-19)26(31)27-25(20)30(15-21(32)17-33)11-10-22(34)14-24(30)38-27/h10-11,13,19,21,24,33H,4-9,12,14-18H2,1-3H3/t21-,24+,30?/m0/s1. The first-order valence-electron chi connectivity index (χ1n) is 14.0. The van der Waals surface area contributed by atoms with E-state index in [4.69, 9.17) is 14.2 Å². The summed E-state index contributed by atoms with van der Waals surface area (Å²) >= 11 is 3.75. The molecular weight excluding hydrogens is 550 g/mol. The van der Waals surface area contributed by atoms with E-state index in [-0.39, 0.29) is 37.4 Å². The Morgan fingerprint density at radius 3 is 2.76 bits per heavy atom. The van der Waals surface area contributed by atoms with Crippen molar-refractivity contribution >= 4 is 27.8 Å². The van der Waals surface area contributed by atoms with E-state index in [9.17, 15) is 14.7 Å². The first kappa shape index (κ1) is 27.5. The Morgan fingerprint density at radius 1 is 1.29 bits per heavy atom. The molecule has 0 radical (unpaired) electrons. The Kier molecular flexibility index (Phi) is 7.84. The van der Waals surface area contributed by atoms with E-state index in [0.29, 0.717) is 24.5 Å². The first-order chi connectivity index (χ1) is 18.1. The molecule has 5 rings (SSSR count). The summed E-state index contributed by atoms with van der Waals surface area (Å²) in [6, 6.07) is 1.51. The van der Waals surface area contributed by atoms with Gasteiger partial charge in [-0.05, 0) is 64.2 Å². The van der Waals surface area contributed by atoms with Crippen molar-refractivity contribution in [2.24, 2.45) is 11.3 Å². The number of carbonyl (C=O) groups excluding carboxylic acids is 2. The zero-order valence-corrected chi connectivity index (χ0v) is 24.3.